The Balaban J connectivity index is 1.32. The number of benzene rings is 2. The van der Waals surface area contributed by atoms with Gasteiger partial charge in [0.1, 0.15) is 17.6 Å². The average Bonchev–Trinajstić information content (AvgIpc) is 2.94. The van der Waals surface area contributed by atoms with E-state index in [-0.39, 0.29) is 17.0 Å². The molecular formula is C28H31ClN4O5. The monoisotopic (exact) mass is 538 g/mol. The van der Waals surface area contributed by atoms with Crippen molar-refractivity contribution in [3.63, 3.8) is 0 Å². The van der Waals surface area contributed by atoms with Crippen LogP contribution in [0, 0.1) is 0 Å². The summed E-state index contributed by atoms with van der Waals surface area (Å²) in [6, 6.07) is 17.0. The van der Waals surface area contributed by atoms with E-state index in [1.54, 1.807) is 36.4 Å². The van der Waals surface area contributed by atoms with Crippen LogP contribution in [-0.2, 0) is 22.4 Å². The number of anilines is 2. The molecule has 1 amide bonds. The van der Waals surface area contributed by atoms with Crippen molar-refractivity contribution in [1.29, 1.82) is 0 Å². The largest absolute Gasteiger partial charge is 0.493 e. The van der Waals surface area contributed by atoms with Gasteiger partial charge in [-0.05, 0) is 48.0 Å². The summed E-state index contributed by atoms with van der Waals surface area (Å²) in [5, 5.41) is 15.6. The fraction of sp³-hybridized carbons (Fsp3) is 0.321. The number of ether oxygens (including phenoxy) is 2. The Kier molecular flexibility index (Phi) is 9.40. The molecule has 0 unspecified atom stereocenters. The Morgan fingerprint density at radius 2 is 1.89 bits per heavy atom. The van der Waals surface area contributed by atoms with Crippen LogP contribution in [0.1, 0.15) is 21.6 Å². The Labute approximate surface area is 226 Å². The molecule has 10 heteroatoms. The van der Waals surface area contributed by atoms with E-state index >= 15 is 0 Å². The topological polar surface area (TPSA) is 113 Å². The summed E-state index contributed by atoms with van der Waals surface area (Å²) in [5.41, 5.74) is 2.80. The number of carbonyl (C=O) groups is 2. The third kappa shape index (κ3) is 7.36. The molecule has 0 bridgehead atoms. The number of carboxylic acid groups (broad SMARTS) is 1. The van der Waals surface area contributed by atoms with Crippen molar-refractivity contribution in [3.8, 4) is 5.75 Å². The Bertz CT molecular complexity index is 1250. The van der Waals surface area contributed by atoms with Crippen LogP contribution in [0.15, 0.2) is 60.7 Å². The first-order valence-corrected chi connectivity index (χ1v) is 12.8. The van der Waals surface area contributed by atoms with Crippen molar-refractivity contribution >= 4 is 35.0 Å². The van der Waals surface area contributed by atoms with Gasteiger partial charge in [0.25, 0.3) is 5.91 Å². The molecule has 1 aliphatic heterocycles. The van der Waals surface area contributed by atoms with Crippen LogP contribution in [0.2, 0.25) is 5.02 Å². The van der Waals surface area contributed by atoms with Gasteiger partial charge in [0.2, 0.25) is 0 Å². The molecule has 2 aromatic carbocycles. The smallest absolute Gasteiger partial charge is 0.326 e. The summed E-state index contributed by atoms with van der Waals surface area (Å²) < 4.78 is 11.2. The first-order chi connectivity index (χ1) is 18.4. The summed E-state index contributed by atoms with van der Waals surface area (Å²) >= 11 is 6.39. The number of halogens is 1. The SMILES string of the molecule is CNc1cccc(CCOc2ccc(C[C@H](NC(=O)c3ccc(N4CCOCC4)cc3Cl)C(=O)O)cc2)n1. The van der Waals surface area contributed by atoms with Gasteiger partial charge in [0, 0.05) is 44.4 Å². The lowest BCUT2D eigenvalue weighted by Crippen LogP contribution is -2.42. The minimum Gasteiger partial charge on any atom is -0.493 e. The van der Waals surface area contributed by atoms with E-state index in [4.69, 9.17) is 21.1 Å². The highest BCUT2D eigenvalue weighted by atomic mass is 35.5. The average molecular weight is 539 g/mol. The predicted molar refractivity (Wildman–Crippen MR) is 147 cm³/mol. The molecular weight excluding hydrogens is 508 g/mol. The molecule has 2 heterocycles. The first kappa shape index (κ1) is 27.2. The van der Waals surface area contributed by atoms with E-state index in [1.807, 2.05) is 31.3 Å². The lowest BCUT2D eigenvalue weighted by Gasteiger charge is -2.29. The van der Waals surface area contributed by atoms with Gasteiger partial charge in [0.15, 0.2) is 0 Å². The van der Waals surface area contributed by atoms with Crippen molar-refractivity contribution in [3.05, 3.63) is 82.5 Å². The molecule has 0 radical (unpaired) electrons. The normalized spacial score (nSPS) is 14.0. The molecule has 1 saturated heterocycles. The van der Waals surface area contributed by atoms with Gasteiger partial charge >= 0.3 is 5.97 Å². The van der Waals surface area contributed by atoms with Crippen LogP contribution >= 0.6 is 11.6 Å². The standard InChI is InChI=1S/C28H31ClN4O5/c1-30-26-4-2-3-20(31-26)11-14-38-22-8-5-19(6-9-22)17-25(28(35)36)32-27(34)23-10-7-21(18-24(23)29)33-12-15-37-16-13-33/h2-10,18,25H,11-17H2,1H3,(H,30,31)(H,32,34)(H,35,36)/t25-/m0/s1. The molecule has 1 fully saturated rings. The fourth-order valence-corrected chi connectivity index (χ4v) is 4.39. The van der Waals surface area contributed by atoms with Gasteiger partial charge in [-0.15, -0.1) is 0 Å². The number of aromatic nitrogens is 1. The molecule has 0 spiro atoms. The van der Waals surface area contributed by atoms with Gasteiger partial charge in [-0.25, -0.2) is 9.78 Å². The number of nitrogens with one attached hydrogen (secondary N) is 2. The van der Waals surface area contributed by atoms with Crippen LogP contribution in [0.4, 0.5) is 11.5 Å². The molecule has 1 aliphatic rings. The highest BCUT2D eigenvalue weighted by Crippen LogP contribution is 2.25. The van der Waals surface area contributed by atoms with E-state index in [1.165, 1.54) is 0 Å². The number of hydrogen-bond acceptors (Lipinski definition) is 7. The maximum Gasteiger partial charge on any atom is 0.326 e. The number of carbonyl (C=O) groups excluding carboxylic acids is 1. The van der Waals surface area contributed by atoms with Gasteiger partial charge in [0.05, 0.1) is 30.4 Å². The van der Waals surface area contributed by atoms with Crippen molar-refractivity contribution in [2.45, 2.75) is 18.9 Å². The number of nitrogens with zero attached hydrogens (tertiary/aromatic N) is 2. The maximum atomic E-state index is 12.9. The van der Waals surface area contributed by atoms with Crippen LogP contribution in [-0.4, -0.2) is 68.0 Å². The second-order valence-electron chi connectivity index (χ2n) is 8.84. The van der Waals surface area contributed by atoms with E-state index < -0.39 is 17.9 Å². The molecule has 3 N–H and O–H groups in total. The molecule has 3 aromatic rings. The summed E-state index contributed by atoms with van der Waals surface area (Å²) in [6.45, 7) is 3.22. The van der Waals surface area contributed by atoms with E-state index in [0.29, 0.717) is 32.0 Å². The van der Waals surface area contributed by atoms with Crippen LogP contribution < -0.4 is 20.3 Å². The van der Waals surface area contributed by atoms with Crippen molar-refractivity contribution in [1.82, 2.24) is 10.3 Å². The number of rotatable bonds is 11. The van der Waals surface area contributed by atoms with Crippen LogP contribution in [0.5, 0.6) is 5.75 Å². The number of aliphatic carboxylic acids is 1. The summed E-state index contributed by atoms with van der Waals surface area (Å²) in [7, 11) is 1.82. The minimum absolute atomic E-state index is 0.117. The molecule has 4 rings (SSSR count). The highest BCUT2D eigenvalue weighted by Gasteiger charge is 2.23. The predicted octanol–water partition coefficient (Wildman–Crippen LogP) is 3.66. The van der Waals surface area contributed by atoms with Gasteiger partial charge in [-0.2, -0.15) is 0 Å². The Hall–Kier alpha value is -3.82. The number of morpholine rings is 1. The summed E-state index contributed by atoms with van der Waals surface area (Å²) in [4.78, 5) is 31.4. The van der Waals surface area contributed by atoms with Crippen molar-refractivity contribution in [2.75, 3.05) is 50.2 Å². The van der Waals surface area contributed by atoms with Gasteiger partial charge < -0.3 is 30.1 Å². The minimum atomic E-state index is -1.13. The lowest BCUT2D eigenvalue weighted by molar-refractivity contribution is -0.139. The van der Waals surface area contributed by atoms with Crippen LogP contribution in [0.25, 0.3) is 0 Å². The number of hydrogen-bond donors (Lipinski definition) is 3. The molecule has 0 saturated carbocycles. The molecule has 9 nitrogen and oxygen atoms in total. The van der Waals surface area contributed by atoms with E-state index in [9.17, 15) is 14.7 Å². The highest BCUT2D eigenvalue weighted by molar-refractivity contribution is 6.34. The fourth-order valence-electron chi connectivity index (χ4n) is 4.13. The maximum absolute atomic E-state index is 12.9. The molecule has 200 valence electrons. The number of amides is 1. The third-order valence-corrected chi connectivity index (χ3v) is 6.54. The molecule has 1 aromatic heterocycles. The number of pyridine rings is 1. The quantitative estimate of drug-likeness (QED) is 0.339. The number of carboxylic acids is 1. The lowest BCUT2D eigenvalue weighted by atomic mass is 10.0. The van der Waals surface area contributed by atoms with Gasteiger partial charge in [-0.3, -0.25) is 4.79 Å². The Morgan fingerprint density at radius 3 is 2.58 bits per heavy atom. The zero-order valence-electron chi connectivity index (χ0n) is 21.2. The zero-order valence-corrected chi connectivity index (χ0v) is 21.9. The Morgan fingerprint density at radius 1 is 1.13 bits per heavy atom. The van der Waals surface area contributed by atoms with Crippen molar-refractivity contribution < 1.29 is 24.2 Å². The zero-order chi connectivity index (χ0) is 26.9. The second kappa shape index (κ2) is 13.1. The van der Waals surface area contributed by atoms with Crippen molar-refractivity contribution in [2.24, 2.45) is 0 Å². The molecule has 38 heavy (non-hydrogen) atoms. The van der Waals surface area contributed by atoms with Crippen LogP contribution in [0.3, 0.4) is 0 Å². The molecule has 1 atom stereocenters. The summed E-state index contributed by atoms with van der Waals surface area (Å²) in [6.07, 6.45) is 0.770. The second-order valence-corrected chi connectivity index (χ2v) is 9.25. The van der Waals surface area contributed by atoms with Gasteiger partial charge in [-0.1, -0.05) is 29.8 Å². The third-order valence-electron chi connectivity index (χ3n) is 6.23. The summed E-state index contributed by atoms with van der Waals surface area (Å²) in [5.74, 6) is -0.191. The van der Waals surface area contributed by atoms with E-state index in [2.05, 4.69) is 20.5 Å². The molecule has 0 aliphatic carbocycles. The first-order valence-electron chi connectivity index (χ1n) is 12.4. The van der Waals surface area contributed by atoms with E-state index in [0.717, 1.165) is 35.9 Å².